The molecule has 4 aromatic carbocycles. The Morgan fingerprint density at radius 2 is 1.32 bits per heavy atom. The number of hydrogen-bond acceptors (Lipinski definition) is 8. The van der Waals surface area contributed by atoms with Crippen molar-refractivity contribution in [3.8, 4) is 17.2 Å². The van der Waals surface area contributed by atoms with Crippen LogP contribution in [0.5, 0.6) is 17.2 Å². The molecule has 2 atom stereocenters. The third-order valence-electron chi connectivity index (χ3n) is 9.35. The van der Waals surface area contributed by atoms with Gasteiger partial charge in [-0.05, 0) is 92.0 Å². The summed E-state index contributed by atoms with van der Waals surface area (Å²) in [7, 11) is 0. The fraction of sp³-hybridized carbons (Fsp3) is 0.455. The highest BCUT2D eigenvalue weighted by atomic mass is 35.5. The van der Waals surface area contributed by atoms with E-state index in [1.165, 1.54) is 49.7 Å². The topological polar surface area (TPSA) is 151 Å². The minimum Gasteiger partial charge on any atom is -0.489 e. The average Bonchev–Trinajstić information content (AvgIpc) is 3.15. The lowest BCUT2D eigenvalue weighted by atomic mass is 9.86. The summed E-state index contributed by atoms with van der Waals surface area (Å²) in [5.41, 5.74) is 15.0. The van der Waals surface area contributed by atoms with Gasteiger partial charge in [0.15, 0.2) is 0 Å². The molecular formula is C44H61ClN2O6. The maximum Gasteiger partial charge on any atom is 0.131 e. The fourth-order valence-corrected chi connectivity index (χ4v) is 6.35. The van der Waals surface area contributed by atoms with Crippen molar-refractivity contribution in [3.63, 3.8) is 0 Å². The van der Waals surface area contributed by atoms with Gasteiger partial charge in [0, 0.05) is 23.2 Å². The minimum absolute atomic E-state index is 0.0914. The van der Waals surface area contributed by atoms with E-state index in [4.69, 9.17) is 37.6 Å². The summed E-state index contributed by atoms with van der Waals surface area (Å²) in [6.07, 6.45) is 10.4. The zero-order valence-electron chi connectivity index (χ0n) is 31.6. The second-order valence-corrected chi connectivity index (χ2v) is 14.7. The molecule has 0 spiro atoms. The molecule has 0 aliphatic heterocycles. The number of aryl methyl sites for hydroxylation is 2. The molecule has 0 saturated carbocycles. The molecule has 0 amide bonds. The van der Waals surface area contributed by atoms with Crippen LogP contribution < -0.4 is 20.9 Å². The van der Waals surface area contributed by atoms with Crippen molar-refractivity contribution in [1.82, 2.24) is 0 Å². The van der Waals surface area contributed by atoms with E-state index >= 15 is 0 Å². The van der Waals surface area contributed by atoms with Crippen molar-refractivity contribution in [3.05, 3.63) is 124 Å². The molecule has 0 radical (unpaired) electrons. The van der Waals surface area contributed by atoms with Crippen molar-refractivity contribution in [2.75, 3.05) is 19.8 Å². The van der Waals surface area contributed by atoms with Gasteiger partial charge in [-0.25, -0.2) is 0 Å². The van der Waals surface area contributed by atoms with Gasteiger partial charge in [-0.3, -0.25) is 0 Å². The molecule has 0 aromatic heterocycles. The van der Waals surface area contributed by atoms with Gasteiger partial charge in [0.1, 0.15) is 23.9 Å². The van der Waals surface area contributed by atoms with Crippen molar-refractivity contribution < 1.29 is 29.9 Å². The molecule has 0 bridgehead atoms. The number of unbranched alkanes of at least 4 members (excludes halogenated alkanes) is 5. The Labute approximate surface area is 321 Å². The molecule has 8 nitrogen and oxygen atoms in total. The Morgan fingerprint density at radius 3 is 1.96 bits per heavy atom. The minimum atomic E-state index is -0.864. The zero-order valence-corrected chi connectivity index (χ0v) is 32.3. The van der Waals surface area contributed by atoms with Crippen LogP contribution in [0.2, 0.25) is 5.02 Å². The summed E-state index contributed by atoms with van der Waals surface area (Å²) < 4.78 is 11.8. The molecule has 0 saturated heterocycles. The molecular weight excluding hydrogens is 688 g/mol. The van der Waals surface area contributed by atoms with Crippen LogP contribution in [-0.2, 0) is 25.0 Å². The lowest BCUT2D eigenvalue weighted by Crippen LogP contribution is -2.47. The van der Waals surface area contributed by atoms with E-state index in [1.807, 2.05) is 61.5 Å². The number of aliphatic hydroxyl groups excluding tert-OH is 4. The van der Waals surface area contributed by atoms with Crippen LogP contribution in [0.25, 0.3) is 0 Å². The van der Waals surface area contributed by atoms with Gasteiger partial charge < -0.3 is 41.4 Å². The Hall–Kier alpha value is -3.47. The summed E-state index contributed by atoms with van der Waals surface area (Å²) in [5, 5.41) is 37.9. The van der Waals surface area contributed by atoms with Crippen molar-refractivity contribution in [2.24, 2.45) is 11.5 Å². The maximum atomic E-state index is 10.0. The van der Waals surface area contributed by atoms with Crippen LogP contribution in [0.15, 0.2) is 97.1 Å². The highest BCUT2D eigenvalue weighted by molar-refractivity contribution is 6.31. The standard InChI is InChI=1S/C25H28ClNO4.C19H33NO2/c1-25(27,16-19(29)12-13-28)23-11-10-22(15-24(23)26)31-21-9-5-8-20(14-21)30-17-18-6-3-2-4-7-18;1-2-3-4-5-6-7-8-17-9-11-18(12-10-17)13-14-19(20,15-21)16-22/h2-11,14-15,19,28-29H,12-13,16-17,27H2,1H3;9-12,21-22H,2-8,13-16,20H2,1H3. The maximum absolute atomic E-state index is 10.0. The number of rotatable bonds is 22. The highest BCUT2D eigenvalue weighted by Crippen LogP contribution is 2.35. The zero-order chi connectivity index (χ0) is 38.5. The van der Waals surface area contributed by atoms with E-state index in [2.05, 4.69) is 31.2 Å². The fourth-order valence-electron chi connectivity index (χ4n) is 5.96. The van der Waals surface area contributed by atoms with E-state index < -0.39 is 17.2 Å². The Balaban J connectivity index is 0.000000304. The van der Waals surface area contributed by atoms with Gasteiger partial charge in [0.25, 0.3) is 0 Å². The largest absolute Gasteiger partial charge is 0.489 e. The van der Waals surface area contributed by atoms with Gasteiger partial charge in [0.2, 0.25) is 0 Å². The first kappa shape index (κ1) is 43.9. The second kappa shape index (κ2) is 23.3. The van der Waals surface area contributed by atoms with Crippen molar-refractivity contribution in [2.45, 2.75) is 108 Å². The number of hydrogen-bond donors (Lipinski definition) is 6. The molecule has 0 heterocycles. The van der Waals surface area contributed by atoms with E-state index in [0.29, 0.717) is 40.9 Å². The van der Waals surface area contributed by atoms with Gasteiger partial charge >= 0.3 is 0 Å². The smallest absolute Gasteiger partial charge is 0.131 e. The molecule has 290 valence electrons. The van der Waals surface area contributed by atoms with Gasteiger partial charge in [-0.15, -0.1) is 0 Å². The van der Waals surface area contributed by atoms with Crippen molar-refractivity contribution >= 4 is 11.6 Å². The first-order valence-corrected chi connectivity index (χ1v) is 19.3. The first-order chi connectivity index (χ1) is 25.5. The molecule has 2 unspecified atom stereocenters. The molecule has 9 heteroatoms. The summed E-state index contributed by atoms with van der Waals surface area (Å²) in [6, 6.07) is 31.3. The number of halogens is 1. The highest BCUT2D eigenvalue weighted by Gasteiger charge is 2.27. The Morgan fingerprint density at radius 1 is 0.698 bits per heavy atom. The summed E-state index contributed by atoms with van der Waals surface area (Å²) in [4.78, 5) is 0. The third kappa shape index (κ3) is 16.2. The van der Waals surface area contributed by atoms with Crippen LogP contribution in [-0.4, -0.2) is 51.9 Å². The van der Waals surface area contributed by atoms with Gasteiger partial charge in [-0.2, -0.15) is 0 Å². The number of nitrogens with two attached hydrogens (primary N) is 2. The molecule has 8 N–H and O–H groups in total. The van der Waals surface area contributed by atoms with Gasteiger partial charge in [-0.1, -0.05) is 117 Å². The van der Waals surface area contributed by atoms with Crippen molar-refractivity contribution in [1.29, 1.82) is 0 Å². The third-order valence-corrected chi connectivity index (χ3v) is 9.66. The molecule has 0 fully saturated rings. The molecule has 0 aliphatic rings. The number of aliphatic hydroxyl groups is 4. The Kier molecular flexibility index (Phi) is 19.3. The predicted octanol–water partition coefficient (Wildman–Crippen LogP) is 8.22. The molecule has 4 rings (SSSR count). The van der Waals surface area contributed by atoms with Crippen LogP contribution >= 0.6 is 11.6 Å². The normalized spacial score (nSPS) is 13.1. The monoisotopic (exact) mass is 748 g/mol. The van der Waals surface area contributed by atoms with Crippen LogP contribution in [0, 0.1) is 0 Å². The molecule has 53 heavy (non-hydrogen) atoms. The van der Waals surface area contributed by atoms with Crippen LogP contribution in [0.4, 0.5) is 0 Å². The lowest BCUT2D eigenvalue weighted by Gasteiger charge is -2.29. The van der Waals surface area contributed by atoms with Crippen LogP contribution in [0.1, 0.15) is 93.9 Å². The predicted molar refractivity (Wildman–Crippen MR) is 216 cm³/mol. The Bertz CT molecular complexity index is 1580. The van der Waals surface area contributed by atoms with E-state index in [1.54, 1.807) is 18.2 Å². The summed E-state index contributed by atoms with van der Waals surface area (Å²) in [5.74, 6) is 1.90. The van der Waals surface area contributed by atoms with E-state index in [9.17, 15) is 15.3 Å². The quantitative estimate of drug-likeness (QED) is 0.0440. The summed E-state index contributed by atoms with van der Waals surface area (Å²) >= 11 is 6.47. The van der Waals surface area contributed by atoms with Crippen LogP contribution in [0.3, 0.4) is 0 Å². The molecule has 0 aliphatic carbocycles. The SMILES string of the molecule is CC(N)(CC(O)CCO)c1ccc(Oc2cccc(OCc3ccccc3)c2)cc1Cl.CCCCCCCCc1ccc(CCC(N)(CO)CO)cc1. The first-order valence-electron chi connectivity index (χ1n) is 18.9. The van der Waals surface area contributed by atoms with Gasteiger partial charge in [0.05, 0.1) is 24.9 Å². The lowest BCUT2D eigenvalue weighted by molar-refractivity contribution is 0.103. The number of ether oxygens (including phenoxy) is 2. The average molecular weight is 749 g/mol. The summed E-state index contributed by atoms with van der Waals surface area (Å²) in [6.45, 7) is 4.08. The van der Waals surface area contributed by atoms with E-state index in [-0.39, 0.29) is 32.7 Å². The number of benzene rings is 4. The molecule has 4 aromatic rings. The second-order valence-electron chi connectivity index (χ2n) is 14.3. The van der Waals surface area contributed by atoms with E-state index in [0.717, 1.165) is 18.4 Å².